The molecule has 0 unspecified atom stereocenters. The zero-order valence-corrected chi connectivity index (χ0v) is 18.2. The van der Waals surface area contributed by atoms with Crippen LogP contribution in [0.15, 0.2) is 76.4 Å². The molecule has 0 N–H and O–H groups in total. The number of rotatable bonds is 6. The van der Waals surface area contributed by atoms with Gasteiger partial charge in [0.1, 0.15) is 5.75 Å². The Hall–Kier alpha value is -3.97. The van der Waals surface area contributed by atoms with Crippen molar-refractivity contribution in [3.05, 3.63) is 72.3 Å². The Balaban J connectivity index is 1.23. The van der Waals surface area contributed by atoms with E-state index in [0.717, 1.165) is 28.5 Å². The van der Waals surface area contributed by atoms with Crippen molar-refractivity contribution in [2.24, 2.45) is 0 Å². The van der Waals surface area contributed by atoms with E-state index < -0.39 is 18.1 Å². The molecule has 0 aliphatic carbocycles. The summed E-state index contributed by atoms with van der Waals surface area (Å²) in [6.45, 7) is -0.174. The van der Waals surface area contributed by atoms with E-state index in [4.69, 9.17) is 9.15 Å². The van der Waals surface area contributed by atoms with Crippen LogP contribution in [0.2, 0.25) is 0 Å². The van der Waals surface area contributed by atoms with Crippen LogP contribution < -0.4 is 4.74 Å². The summed E-state index contributed by atoms with van der Waals surface area (Å²) >= 11 is 1.24. The van der Waals surface area contributed by atoms with Gasteiger partial charge in [-0.1, -0.05) is 53.9 Å². The fourth-order valence-electron chi connectivity index (χ4n) is 2.88. The highest BCUT2D eigenvalue weighted by Gasteiger charge is 2.31. The minimum absolute atomic E-state index is 0.0813. The molecule has 0 radical (unpaired) electrons. The summed E-state index contributed by atoms with van der Waals surface area (Å²) in [6, 6.07) is 18.2. The van der Waals surface area contributed by atoms with Gasteiger partial charge in [0, 0.05) is 5.56 Å². The average Bonchev–Trinajstić information content (AvgIpc) is 3.29. The summed E-state index contributed by atoms with van der Waals surface area (Å²) in [6.07, 6.45) is -4.80. The zero-order chi connectivity index (χ0) is 24.0. The monoisotopic (exact) mass is 484 g/mol. The van der Waals surface area contributed by atoms with Gasteiger partial charge in [0.25, 0.3) is 5.22 Å². The summed E-state index contributed by atoms with van der Waals surface area (Å²) in [5.74, 6) is 5.09. The third-order valence-electron chi connectivity index (χ3n) is 4.39. The first-order chi connectivity index (χ1) is 16.4. The number of aromatic nitrogens is 2. The maximum atomic E-state index is 12.2. The number of alkyl halides is 3. The molecular formula is C24H15F3N2O4S. The topological polar surface area (TPSA) is 74.5 Å². The molecule has 172 valence electrons. The van der Waals surface area contributed by atoms with Crippen LogP contribution in [0.5, 0.6) is 5.75 Å². The Morgan fingerprint density at radius 2 is 1.74 bits per heavy atom. The number of hydrogen-bond acceptors (Lipinski definition) is 7. The Morgan fingerprint density at radius 1 is 0.971 bits per heavy atom. The molecule has 0 atom stereocenters. The molecule has 10 heteroatoms. The molecule has 0 saturated carbocycles. The van der Waals surface area contributed by atoms with Gasteiger partial charge in [-0.2, -0.15) is 0 Å². The Bertz CT molecular complexity index is 1360. The normalized spacial score (nSPS) is 11.0. The number of thioether (sulfide) groups is 1. The van der Waals surface area contributed by atoms with Crippen LogP contribution in [0.4, 0.5) is 13.2 Å². The van der Waals surface area contributed by atoms with Crippen molar-refractivity contribution >= 4 is 28.5 Å². The van der Waals surface area contributed by atoms with E-state index in [9.17, 15) is 18.0 Å². The Kier molecular flexibility index (Phi) is 7.04. The highest BCUT2D eigenvalue weighted by molar-refractivity contribution is 7.99. The molecule has 1 aromatic heterocycles. The van der Waals surface area contributed by atoms with Crippen molar-refractivity contribution in [2.75, 3.05) is 12.4 Å². The summed E-state index contributed by atoms with van der Waals surface area (Å²) in [4.78, 5) is 11.9. The SMILES string of the molecule is O=C(OCC#CCSc1nnc(-c2ccc3ccccc3c2)o1)c1ccc(OC(F)(F)F)cc1. The predicted molar refractivity (Wildman–Crippen MR) is 119 cm³/mol. The van der Waals surface area contributed by atoms with Gasteiger partial charge in [-0.25, -0.2) is 4.79 Å². The first-order valence-electron chi connectivity index (χ1n) is 9.81. The molecule has 0 bridgehead atoms. The fraction of sp³-hybridized carbons (Fsp3) is 0.125. The molecule has 0 spiro atoms. The smallest absolute Gasteiger partial charge is 0.449 e. The minimum atomic E-state index is -4.80. The van der Waals surface area contributed by atoms with Gasteiger partial charge in [0.15, 0.2) is 6.61 Å². The lowest BCUT2D eigenvalue weighted by atomic mass is 10.1. The molecular weight excluding hydrogens is 469 g/mol. The van der Waals surface area contributed by atoms with E-state index in [1.807, 2.05) is 42.5 Å². The molecule has 1 heterocycles. The van der Waals surface area contributed by atoms with Crippen molar-refractivity contribution in [1.29, 1.82) is 0 Å². The van der Waals surface area contributed by atoms with Gasteiger partial charge in [0.2, 0.25) is 5.89 Å². The Labute approximate surface area is 196 Å². The average molecular weight is 484 g/mol. The van der Waals surface area contributed by atoms with Crippen molar-refractivity contribution in [3.63, 3.8) is 0 Å². The van der Waals surface area contributed by atoms with Gasteiger partial charge in [-0.15, -0.1) is 23.4 Å². The van der Waals surface area contributed by atoms with E-state index in [2.05, 4.69) is 26.8 Å². The molecule has 6 nitrogen and oxygen atoms in total. The van der Waals surface area contributed by atoms with Gasteiger partial charge in [-0.05, 0) is 47.2 Å². The van der Waals surface area contributed by atoms with E-state index in [1.165, 1.54) is 23.9 Å². The highest BCUT2D eigenvalue weighted by atomic mass is 32.2. The maximum Gasteiger partial charge on any atom is 0.573 e. The Morgan fingerprint density at radius 3 is 2.50 bits per heavy atom. The van der Waals surface area contributed by atoms with E-state index in [0.29, 0.717) is 16.9 Å². The second kappa shape index (κ2) is 10.3. The zero-order valence-electron chi connectivity index (χ0n) is 17.3. The lowest BCUT2D eigenvalue weighted by molar-refractivity contribution is -0.274. The molecule has 0 aliphatic heterocycles. The van der Waals surface area contributed by atoms with Gasteiger partial charge < -0.3 is 13.9 Å². The second-order valence-electron chi connectivity index (χ2n) is 6.73. The predicted octanol–water partition coefficient (Wildman–Crippen LogP) is 5.74. The lowest BCUT2D eigenvalue weighted by Gasteiger charge is -2.08. The number of fused-ring (bicyclic) bond motifs is 1. The fourth-order valence-corrected chi connectivity index (χ4v) is 3.42. The number of carbonyl (C=O) groups excluding carboxylic acids is 1. The summed E-state index contributed by atoms with van der Waals surface area (Å²) in [5, 5.41) is 10.6. The third-order valence-corrected chi connectivity index (χ3v) is 5.10. The molecule has 4 aromatic rings. The number of ether oxygens (including phenoxy) is 2. The van der Waals surface area contributed by atoms with Crippen molar-refractivity contribution in [3.8, 4) is 29.0 Å². The van der Waals surface area contributed by atoms with Crippen molar-refractivity contribution in [2.45, 2.75) is 11.6 Å². The van der Waals surface area contributed by atoms with Crippen LogP contribution in [-0.4, -0.2) is 34.9 Å². The number of nitrogens with zero attached hydrogens (tertiary/aromatic N) is 2. The van der Waals surface area contributed by atoms with Crippen LogP contribution in [0.1, 0.15) is 10.4 Å². The van der Waals surface area contributed by atoms with Crippen LogP contribution >= 0.6 is 11.8 Å². The van der Waals surface area contributed by atoms with Crippen molar-refractivity contribution < 1.29 is 31.9 Å². The maximum absolute atomic E-state index is 12.2. The van der Waals surface area contributed by atoms with Crippen LogP contribution in [0.3, 0.4) is 0 Å². The van der Waals surface area contributed by atoms with Crippen molar-refractivity contribution in [1.82, 2.24) is 10.2 Å². The largest absolute Gasteiger partial charge is 0.573 e. The van der Waals surface area contributed by atoms with E-state index in [-0.39, 0.29) is 12.2 Å². The second-order valence-corrected chi connectivity index (χ2v) is 7.65. The first-order valence-corrected chi connectivity index (χ1v) is 10.8. The lowest BCUT2D eigenvalue weighted by Crippen LogP contribution is -2.17. The number of hydrogen-bond donors (Lipinski definition) is 0. The van der Waals surface area contributed by atoms with E-state index in [1.54, 1.807) is 0 Å². The van der Waals surface area contributed by atoms with Crippen LogP contribution in [0.25, 0.3) is 22.2 Å². The molecule has 0 saturated heterocycles. The van der Waals surface area contributed by atoms with Gasteiger partial charge in [0.05, 0.1) is 11.3 Å². The minimum Gasteiger partial charge on any atom is -0.449 e. The highest BCUT2D eigenvalue weighted by Crippen LogP contribution is 2.26. The summed E-state index contributed by atoms with van der Waals surface area (Å²) < 4.78 is 50.9. The molecule has 0 amide bonds. The number of halogens is 3. The number of benzene rings is 3. The quantitative estimate of drug-likeness (QED) is 0.196. The molecule has 3 aromatic carbocycles. The number of esters is 1. The molecule has 0 fully saturated rings. The van der Waals surface area contributed by atoms with E-state index >= 15 is 0 Å². The van der Waals surface area contributed by atoms with Crippen LogP contribution in [-0.2, 0) is 4.74 Å². The number of carbonyl (C=O) groups is 1. The van der Waals surface area contributed by atoms with Crippen LogP contribution in [0, 0.1) is 11.8 Å². The molecule has 34 heavy (non-hydrogen) atoms. The standard InChI is InChI=1S/C24H15F3N2O4S/c25-24(26,27)33-20-11-9-17(10-12-20)22(30)31-13-3-4-14-34-23-29-28-21(32-23)19-8-7-16-5-1-2-6-18(16)15-19/h1-2,5-12,15H,13-14H2. The molecule has 0 aliphatic rings. The van der Waals surface area contributed by atoms with Gasteiger partial charge >= 0.3 is 12.3 Å². The van der Waals surface area contributed by atoms with Gasteiger partial charge in [-0.3, -0.25) is 0 Å². The summed E-state index contributed by atoms with van der Waals surface area (Å²) in [5.41, 5.74) is 0.895. The first kappa shape index (κ1) is 23.2. The third kappa shape index (κ3) is 6.30. The summed E-state index contributed by atoms with van der Waals surface area (Å²) in [7, 11) is 0. The molecule has 4 rings (SSSR count).